The molecule has 0 spiro atoms. The van der Waals surface area contributed by atoms with Crippen molar-refractivity contribution in [1.82, 2.24) is 4.98 Å². The van der Waals surface area contributed by atoms with Crippen molar-refractivity contribution in [2.45, 2.75) is 32.2 Å². The average Bonchev–Trinajstić information content (AvgIpc) is 2.39. The molecule has 18 heavy (non-hydrogen) atoms. The number of aryl methyl sites for hydroxylation is 2. The highest BCUT2D eigenvalue weighted by Gasteiger charge is 2.19. The lowest BCUT2D eigenvalue weighted by Crippen LogP contribution is -2.17. The van der Waals surface area contributed by atoms with Gasteiger partial charge in [-0.3, -0.25) is 0 Å². The van der Waals surface area contributed by atoms with Gasteiger partial charge in [0, 0.05) is 6.20 Å². The second-order valence-corrected chi connectivity index (χ2v) is 5.01. The lowest BCUT2D eigenvalue weighted by atomic mass is 9.88. The molecule has 1 atom stereocenters. The fourth-order valence-corrected chi connectivity index (χ4v) is 2.70. The molecule has 1 aromatic heterocycles. The molecule has 0 saturated heterocycles. The van der Waals surface area contributed by atoms with Gasteiger partial charge in [-0.1, -0.05) is 24.3 Å². The average molecular weight is 238 g/mol. The van der Waals surface area contributed by atoms with Crippen molar-refractivity contribution in [1.29, 1.82) is 0 Å². The standard InChI is InChI=1S/C16H18N2/c1-12-9-10-17-16(11-12)18-15-8-4-6-13-5-2-3-7-14(13)15/h2-3,5,7,9-11,15H,4,6,8H2,1H3,(H,17,18)/t15-/m1/s1. The Kier molecular flexibility index (Phi) is 3.01. The van der Waals surface area contributed by atoms with E-state index in [1.54, 1.807) is 0 Å². The van der Waals surface area contributed by atoms with E-state index in [4.69, 9.17) is 0 Å². The Morgan fingerprint density at radius 3 is 3.00 bits per heavy atom. The van der Waals surface area contributed by atoms with Crippen molar-refractivity contribution in [2.75, 3.05) is 5.32 Å². The zero-order valence-electron chi connectivity index (χ0n) is 10.7. The summed E-state index contributed by atoms with van der Waals surface area (Å²) in [5, 5.41) is 3.57. The van der Waals surface area contributed by atoms with Crippen molar-refractivity contribution in [3.8, 4) is 0 Å². The van der Waals surface area contributed by atoms with Gasteiger partial charge in [0.1, 0.15) is 5.82 Å². The topological polar surface area (TPSA) is 24.9 Å². The Bertz CT molecular complexity index is 548. The molecule has 2 aromatic rings. The third-order valence-electron chi connectivity index (χ3n) is 3.61. The number of hydrogen-bond acceptors (Lipinski definition) is 2. The Morgan fingerprint density at radius 1 is 1.22 bits per heavy atom. The first-order valence-electron chi connectivity index (χ1n) is 6.60. The Labute approximate surface area is 108 Å². The summed E-state index contributed by atoms with van der Waals surface area (Å²) in [7, 11) is 0. The number of rotatable bonds is 2. The quantitative estimate of drug-likeness (QED) is 0.858. The minimum Gasteiger partial charge on any atom is -0.363 e. The maximum atomic E-state index is 4.40. The van der Waals surface area contributed by atoms with Crippen molar-refractivity contribution in [3.05, 3.63) is 59.3 Å². The van der Waals surface area contributed by atoms with Gasteiger partial charge in [-0.15, -0.1) is 0 Å². The molecular weight excluding hydrogens is 220 g/mol. The van der Waals surface area contributed by atoms with Gasteiger partial charge in [-0.2, -0.15) is 0 Å². The highest BCUT2D eigenvalue weighted by Crippen LogP contribution is 2.31. The van der Waals surface area contributed by atoms with Crippen LogP contribution >= 0.6 is 0 Å². The number of nitrogens with zero attached hydrogens (tertiary/aromatic N) is 1. The maximum absolute atomic E-state index is 4.40. The lowest BCUT2D eigenvalue weighted by Gasteiger charge is -2.26. The number of anilines is 1. The van der Waals surface area contributed by atoms with Crippen LogP contribution in [-0.4, -0.2) is 4.98 Å². The molecule has 1 N–H and O–H groups in total. The monoisotopic (exact) mass is 238 g/mol. The first-order chi connectivity index (χ1) is 8.83. The van der Waals surface area contributed by atoms with E-state index in [2.05, 4.69) is 47.6 Å². The zero-order chi connectivity index (χ0) is 12.4. The summed E-state index contributed by atoms with van der Waals surface area (Å²) in [5.41, 5.74) is 4.16. The molecule has 3 rings (SSSR count). The summed E-state index contributed by atoms with van der Waals surface area (Å²) < 4.78 is 0. The zero-order valence-corrected chi connectivity index (χ0v) is 10.7. The molecule has 2 nitrogen and oxygen atoms in total. The number of pyridine rings is 1. The van der Waals surface area contributed by atoms with E-state index in [-0.39, 0.29) is 0 Å². The fraction of sp³-hybridized carbons (Fsp3) is 0.312. The van der Waals surface area contributed by atoms with Crippen molar-refractivity contribution in [3.63, 3.8) is 0 Å². The van der Waals surface area contributed by atoms with Gasteiger partial charge >= 0.3 is 0 Å². The SMILES string of the molecule is Cc1ccnc(N[C@@H]2CCCc3ccccc32)c1. The molecule has 0 unspecified atom stereocenters. The maximum Gasteiger partial charge on any atom is 0.126 e. The smallest absolute Gasteiger partial charge is 0.126 e. The van der Waals surface area contributed by atoms with Gasteiger partial charge in [0.05, 0.1) is 6.04 Å². The first kappa shape index (κ1) is 11.3. The van der Waals surface area contributed by atoms with Gasteiger partial charge in [-0.25, -0.2) is 4.98 Å². The highest BCUT2D eigenvalue weighted by atomic mass is 15.0. The minimum atomic E-state index is 0.407. The fourth-order valence-electron chi connectivity index (χ4n) is 2.70. The molecule has 0 aliphatic heterocycles. The Balaban J connectivity index is 1.86. The third kappa shape index (κ3) is 2.23. The molecule has 1 aromatic carbocycles. The molecule has 1 aliphatic carbocycles. The highest BCUT2D eigenvalue weighted by molar-refractivity contribution is 5.43. The molecule has 2 heteroatoms. The number of nitrogens with one attached hydrogen (secondary N) is 1. The van der Waals surface area contributed by atoms with Gasteiger partial charge in [0.25, 0.3) is 0 Å². The van der Waals surface area contributed by atoms with E-state index >= 15 is 0 Å². The first-order valence-corrected chi connectivity index (χ1v) is 6.60. The van der Waals surface area contributed by atoms with Crippen molar-refractivity contribution in [2.24, 2.45) is 0 Å². The molecule has 0 fully saturated rings. The van der Waals surface area contributed by atoms with E-state index < -0.39 is 0 Å². The van der Waals surface area contributed by atoms with Gasteiger partial charge in [0.15, 0.2) is 0 Å². The summed E-state index contributed by atoms with van der Waals surface area (Å²) in [4.78, 5) is 4.40. The molecular formula is C16H18N2. The number of aromatic nitrogens is 1. The summed E-state index contributed by atoms with van der Waals surface area (Å²) in [6.07, 6.45) is 5.51. The lowest BCUT2D eigenvalue weighted by molar-refractivity contribution is 0.598. The van der Waals surface area contributed by atoms with Gasteiger partial charge in [-0.05, 0) is 55.0 Å². The molecule has 1 aliphatic rings. The summed E-state index contributed by atoms with van der Waals surface area (Å²) >= 11 is 0. The van der Waals surface area contributed by atoms with Gasteiger partial charge < -0.3 is 5.32 Å². The summed E-state index contributed by atoms with van der Waals surface area (Å²) in [6, 6.07) is 13.3. The van der Waals surface area contributed by atoms with Crippen LogP contribution < -0.4 is 5.32 Å². The number of fused-ring (bicyclic) bond motifs is 1. The summed E-state index contributed by atoms with van der Waals surface area (Å²) in [6.45, 7) is 2.10. The number of hydrogen-bond donors (Lipinski definition) is 1. The minimum absolute atomic E-state index is 0.407. The van der Waals surface area contributed by atoms with E-state index in [9.17, 15) is 0 Å². The van der Waals surface area contributed by atoms with Crippen molar-refractivity contribution >= 4 is 5.82 Å². The van der Waals surface area contributed by atoms with E-state index in [1.807, 2.05) is 12.3 Å². The van der Waals surface area contributed by atoms with E-state index in [1.165, 1.54) is 36.0 Å². The molecule has 0 saturated carbocycles. The number of benzene rings is 1. The molecule has 0 radical (unpaired) electrons. The van der Waals surface area contributed by atoms with Crippen LogP contribution in [0.15, 0.2) is 42.6 Å². The normalized spacial score (nSPS) is 18.2. The van der Waals surface area contributed by atoms with Crippen LogP contribution in [-0.2, 0) is 6.42 Å². The van der Waals surface area contributed by atoms with Gasteiger partial charge in [0.2, 0.25) is 0 Å². The predicted molar refractivity (Wildman–Crippen MR) is 74.7 cm³/mol. The Morgan fingerprint density at radius 2 is 2.11 bits per heavy atom. The predicted octanol–water partition coefficient (Wildman–Crippen LogP) is 3.88. The van der Waals surface area contributed by atoms with Crippen LogP contribution in [0.5, 0.6) is 0 Å². The second-order valence-electron chi connectivity index (χ2n) is 5.01. The largest absolute Gasteiger partial charge is 0.363 e. The van der Waals surface area contributed by atoms with Crippen molar-refractivity contribution < 1.29 is 0 Å². The van der Waals surface area contributed by atoms with Crippen LogP contribution in [0.25, 0.3) is 0 Å². The Hall–Kier alpha value is -1.83. The summed E-state index contributed by atoms with van der Waals surface area (Å²) in [5.74, 6) is 0.983. The van der Waals surface area contributed by atoms with Crippen LogP contribution in [0.4, 0.5) is 5.82 Å². The molecule has 0 bridgehead atoms. The van der Waals surface area contributed by atoms with Crippen LogP contribution in [0, 0.1) is 6.92 Å². The molecule has 1 heterocycles. The van der Waals surface area contributed by atoms with Crippen LogP contribution in [0.3, 0.4) is 0 Å². The molecule has 92 valence electrons. The molecule has 0 amide bonds. The van der Waals surface area contributed by atoms with E-state index in [0.29, 0.717) is 6.04 Å². The third-order valence-corrected chi connectivity index (χ3v) is 3.61. The van der Waals surface area contributed by atoms with E-state index in [0.717, 1.165) is 5.82 Å². The second kappa shape index (κ2) is 4.81. The van der Waals surface area contributed by atoms with Crippen LogP contribution in [0.1, 0.15) is 35.6 Å². The van der Waals surface area contributed by atoms with Crippen LogP contribution in [0.2, 0.25) is 0 Å².